The summed E-state index contributed by atoms with van der Waals surface area (Å²) in [6.45, 7) is 7.17. The van der Waals surface area contributed by atoms with Crippen LogP contribution in [0.25, 0.3) is 0 Å². The highest BCUT2D eigenvalue weighted by atomic mass is 35.5. The molecule has 0 bridgehead atoms. The van der Waals surface area contributed by atoms with Gasteiger partial charge >= 0.3 is 6.09 Å². The molecule has 1 amide bonds. The van der Waals surface area contributed by atoms with Gasteiger partial charge in [0, 0.05) is 32.4 Å². The second-order valence-electron chi connectivity index (χ2n) is 5.13. The Morgan fingerprint density at radius 1 is 1.40 bits per heavy atom. The van der Waals surface area contributed by atoms with Crippen molar-refractivity contribution in [3.8, 4) is 0 Å². The molecule has 2 heterocycles. The lowest BCUT2D eigenvalue weighted by Gasteiger charge is -2.34. The lowest BCUT2D eigenvalue weighted by molar-refractivity contribution is 0.0901. The summed E-state index contributed by atoms with van der Waals surface area (Å²) >= 11 is 5.78. The summed E-state index contributed by atoms with van der Waals surface area (Å²) in [5.41, 5.74) is 0. The van der Waals surface area contributed by atoms with E-state index in [4.69, 9.17) is 16.3 Å². The first-order chi connectivity index (χ1) is 9.56. The van der Waals surface area contributed by atoms with Crippen molar-refractivity contribution < 1.29 is 9.53 Å². The van der Waals surface area contributed by atoms with Gasteiger partial charge in [-0.1, -0.05) is 13.8 Å². The van der Waals surface area contributed by atoms with Crippen molar-refractivity contribution in [3.05, 3.63) is 17.5 Å². The molecule has 0 aliphatic carbocycles. The standard InChI is InChI=1S/C13H19ClN4O2/c1-10(2)9-20-13(19)18-7-5-17(6-8-18)11-3-4-15-12(14)16-11/h3-4,10H,5-9H2,1-2H3. The molecule has 2 rings (SSSR count). The number of carbonyl (C=O) groups is 1. The first-order valence-corrected chi connectivity index (χ1v) is 7.09. The van der Waals surface area contributed by atoms with Crippen LogP contribution >= 0.6 is 11.6 Å². The van der Waals surface area contributed by atoms with E-state index >= 15 is 0 Å². The first-order valence-electron chi connectivity index (χ1n) is 6.71. The molecule has 1 aliphatic rings. The molecule has 6 nitrogen and oxygen atoms in total. The second-order valence-corrected chi connectivity index (χ2v) is 5.47. The molecule has 0 radical (unpaired) electrons. The lowest BCUT2D eigenvalue weighted by Crippen LogP contribution is -2.49. The summed E-state index contributed by atoms with van der Waals surface area (Å²) in [7, 11) is 0. The van der Waals surface area contributed by atoms with E-state index in [1.165, 1.54) is 0 Å². The van der Waals surface area contributed by atoms with Gasteiger partial charge in [-0.3, -0.25) is 0 Å². The molecule has 1 aromatic heterocycles. The third-order valence-corrected chi connectivity index (χ3v) is 3.20. The zero-order valence-corrected chi connectivity index (χ0v) is 12.5. The van der Waals surface area contributed by atoms with Crippen molar-refractivity contribution in [2.75, 3.05) is 37.7 Å². The Hall–Kier alpha value is -1.56. The molecule has 20 heavy (non-hydrogen) atoms. The van der Waals surface area contributed by atoms with E-state index in [0.29, 0.717) is 38.7 Å². The van der Waals surface area contributed by atoms with Gasteiger partial charge in [-0.05, 0) is 23.6 Å². The quantitative estimate of drug-likeness (QED) is 0.799. The van der Waals surface area contributed by atoms with E-state index in [1.807, 2.05) is 19.9 Å². The minimum absolute atomic E-state index is 0.237. The molecule has 1 aromatic rings. The molecule has 0 saturated carbocycles. The maximum atomic E-state index is 11.8. The SMILES string of the molecule is CC(C)COC(=O)N1CCN(c2ccnc(Cl)n2)CC1. The van der Waals surface area contributed by atoms with Crippen LogP contribution < -0.4 is 4.90 Å². The van der Waals surface area contributed by atoms with Crippen LogP contribution in [0.15, 0.2) is 12.3 Å². The van der Waals surface area contributed by atoms with Crippen LogP contribution in [-0.2, 0) is 4.74 Å². The maximum absolute atomic E-state index is 11.8. The number of hydrogen-bond donors (Lipinski definition) is 0. The molecule has 1 fully saturated rings. The van der Waals surface area contributed by atoms with Gasteiger partial charge in [0.15, 0.2) is 0 Å². The van der Waals surface area contributed by atoms with Gasteiger partial charge < -0.3 is 14.5 Å². The van der Waals surface area contributed by atoms with E-state index < -0.39 is 0 Å². The molecular weight excluding hydrogens is 280 g/mol. The third kappa shape index (κ3) is 3.96. The van der Waals surface area contributed by atoms with Gasteiger partial charge in [0.25, 0.3) is 0 Å². The third-order valence-electron chi connectivity index (χ3n) is 3.01. The predicted molar refractivity (Wildman–Crippen MR) is 77.0 cm³/mol. The van der Waals surface area contributed by atoms with Crippen molar-refractivity contribution in [1.82, 2.24) is 14.9 Å². The molecular formula is C13H19ClN4O2. The average Bonchev–Trinajstić information content (AvgIpc) is 2.45. The van der Waals surface area contributed by atoms with Gasteiger partial charge in [0.05, 0.1) is 6.61 Å². The van der Waals surface area contributed by atoms with Crippen LogP contribution in [0.1, 0.15) is 13.8 Å². The topological polar surface area (TPSA) is 58.6 Å². The van der Waals surface area contributed by atoms with Gasteiger partial charge in [-0.25, -0.2) is 14.8 Å². The van der Waals surface area contributed by atoms with Crippen molar-refractivity contribution in [2.45, 2.75) is 13.8 Å². The summed E-state index contributed by atoms with van der Waals surface area (Å²) in [5, 5.41) is 0.237. The molecule has 7 heteroatoms. The Morgan fingerprint density at radius 2 is 2.10 bits per heavy atom. The molecule has 1 saturated heterocycles. The fourth-order valence-corrected chi connectivity index (χ4v) is 2.09. The van der Waals surface area contributed by atoms with E-state index in [-0.39, 0.29) is 11.4 Å². The van der Waals surface area contributed by atoms with Crippen LogP contribution in [0, 0.1) is 5.92 Å². The Kier molecular flexibility index (Phi) is 5.00. The Balaban J connectivity index is 1.84. The van der Waals surface area contributed by atoms with Gasteiger partial charge in [-0.2, -0.15) is 0 Å². The van der Waals surface area contributed by atoms with Gasteiger partial charge in [0.2, 0.25) is 5.28 Å². The minimum atomic E-state index is -0.237. The van der Waals surface area contributed by atoms with Crippen molar-refractivity contribution in [1.29, 1.82) is 0 Å². The Labute approximate surface area is 123 Å². The van der Waals surface area contributed by atoms with Gasteiger partial charge in [0.1, 0.15) is 5.82 Å². The fourth-order valence-electron chi connectivity index (χ4n) is 1.95. The first kappa shape index (κ1) is 14.8. The van der Waals surface area contributed by atoms with Crippen molar-refractivity contribution >= 4 is 23.5 Å². The number of amides is 1. The van der Waals surface area contributed by atoms with Crippen LogP contribution in [0.2, 0.25) is 5.28 Å². The summed E-state index contributed by atoms with van der Waals surface area (Å²) < 4.78 is 5.22. The minimum Gasteiger partial charge on any atom is -0.449 e. The molecule has 0 aromatic carbocycles. The molecule has 110 valence electrons. The zero-order valence-electron chi connectivity index (χ0n) is 11.8. The highest BCUT2D eigenvalue weighted by Crippen LogP contribution is 2.15. The number of piperazine rings is 1. The number of ether oxygens (including phenoxy) is 1. The highest BCUT2D eigenvalue weighted by Gasteiger charge is 2.23. The largest absolute Gasteiger partial charge is 0.449 e. The van der Waals surface area contributed by atoms with Crippen LogP contribution in [0.4, 0.5) is 10.6 Å². The van der Waals surface area contributed by atoms with Crippen LogP contribution in [-0.4, -0.2) is 53.7 Å². The molecule has 1 aliphatic heterocycles. The number of aromatic nitrogens is 2. The van der Waals surface area contributed by atoms with E-state index in [0.717, 1.165) is 5.82 Å². The van der Waals surface area contributed by atoms with Crippen molar-refractivity contribution in [3.63, 3.8) is 0 Å². The van der Waals surface area contributed by atoms with E-state index in [2.05, 4.69) is 14.9 Å². The van der Waals surface area contributed by atoms with Gasteiger partial charge in [-0.15, -0.1) is 0 Å². The highest BCUT2D eigenvalue weighted by molar-refractivity contribution is 6.28. The number of halogens is 1. The monoisotopic (exact) mass is 298 g/mol. The molecule has 0 spiro atoms. The second kappa shape index (κ2) is 6.74. The maximum Gasteiger partial charge on any atom is 0.409 e. The molecule has 0 atom stereocenters. The Bertz CT molecular complexity index is 461. The molecule has 0 N–H and O–H groups in total. The number of carbonyl (C=O) groups excluding carboxylic acids is 1. The number of anilines is 1. The lowest BCUT2D eigenvalue weighted by atomic mass is 10.2. The smallest absolute Gasteiger partial charge is 0.409 e. The summed E-state index contributed by atoms with van der Waals surface area (Å²) in [4.78, 5) is 23.7. The summed E-state index contributed by atoms with van der Waals surface area (Å²) in [6, 6.07) is 1.82. The fraction of sp³-hybridized carbons (Fsp3) is 0.615. The predicted octanol–water partition coefficient (Wildman–Crippen LogP) is 2.04. The van der Waals surface area contributed by atoms with Crippen LogP contribution in [0.5, 0.6) is 0 Å². The number of rotatable bonds is 3. The van der Waals surface area contributed by atoms with Crippen LogP contribution in [0.3, 0.4) is 0 Å². The zero-order chi connectivity index (χ0) is 14.5. The Morgan fingerprint density at radius 3 is 2.70 bits per heavy atom. The summed E-state index contributed by atoms with van der Waals surface area (Å²) in [6.07, 6.45) is 1.40. The number of nitrogens with zero attached hydrogens (tertiary/aromatic N) is 4. The van der Waals surface area contributed by atoms with E-state index in [9.17, 15) is 4.79 Å². The normalized spacial score (nSPS) is 15.6. The number of hydrogen-bond acceptors (Lipinski definition) is 5. The summed E-state index contributed by atoms with van der Waals surface area (Å²) in [5.74, 6) is 1.14. The average molecular weight is 299 g/mol. The molecule has 0 unspecified atom stereocenters. The van der Waals surface area contributed by atoms with Crippen molar-refractivity contribution in [2.24, 2.45) is 5.92 Å². The van der Waals surface area contributed by atoms with E-state index in [1.54, 1.807) is 11.1 Å².